The van der Waals surface area contributed by atoms with E-state index >= 15 is 0 Å². The van der Waals surface area contributed by atoms with Gasteiger partial charge in [0.05, 0.1) is 6.07 Å². The molecule has 5 heteroatoms. The van der Waals surface area contributed by atoms with Crippen molar-refractivity contribution in [3.63, 3.8) is 0 Å². The number of carbonyl (C=O) groups is 1. The van der Waals surface area contributed by atoms with E-state index in [1.807, 2.05) is 0 Å². The van der Waals surface area contributed by atoms with E-state index in [4.69, 9.17) is 10.4 Å². The van der Waals surface area contributed by atoms with Crippen molar-refractivity contribution in [3.05, 3.63) is 0 Å². The summed E-state index contributed by atoms with van der Waals surface area (Å²) in [5, 5.41) is 19.4. The number of rotatable bonds is 3. The lowest BCUT2D eigenvalue weighted by Crippen LogP contribution is -2.44. The molecule has 14 heavy (non-hydrogen) atoms. The van der Waals surface area contributed by atoms with Gasteiger partial charge in [0.2, 0.25) is 0 Å². The first-order valence-electron chi connectivity index (χ1n) is 4.81. The average Bonchev–Trinajstić information content (AvgIpc) is 2.16. The fraction of sp³-hybridized carbons (Fsp3) is 0.778. The topological polar surface area (TPSA) is 76.4 Å². The predicted octanol–water partition coefficient (Wildman–Crippen LogP) is 0.632. The van der Waals surface area contributed by atoms with Crippen LogP contribution >= 0.6 is 0 Å². The first-order valence-corrected chi connectivity index (χ1v) is 4.81. The summed E-state index contributed by atoms with van der Waals surface area (Å²) in [6.07, 6.45) is 1.30. The molecule has 5 nitrogen and oxygen atoms in total. The fourth-order valence-corrected chi connectivity index (χ4v) is 1.68. The van der Waals surface area contributed by atoms with E-state index in [9.17, 15) is 4.79 Å². The van der Waals surface area contributed by atoms with Crippen LogP contribution in [-0.4, -0.2) is 41.8 Å². The van der Waals surface area contributed by atoms with Gasteiger partial charge < -0.3 is 15.3 Å². The third kappa shape index (κ3) is 3.62. The molecule has 1 aliphatic heterocycles. The van der Waals surface area contributed by atoms with E-state index in [0.29, 0.717) is 6.42 Å². The van der Waals surface area contributed by atoms with Crippen molar-refractivity contribution in [1.82, 2.24) is 10.2 Å². The first kappa shape index (κ1) is 10.8. The summed E-state index contributed by atoms with van der Waals surface area (Å²) in [5.74, 6) is 0. The van der Waals surface area contributed by atoms with E-state index < -0.39 is 6.09 Å². The van der Waals surface area contributed by atoms with Crippen LogP contribution < -0.4 is 5.32 Å². The summed E-state index contributed by atoms with van der Waals surface area (Å²) in [4.78, 5) is 12.6. The van der Waals surface area contributed by atoms with Crippen molar-refractivity contribution in [2.75, 3.05) is 19.6 Å². The van der Waals surface area contributed by atoms with Gasteiger partial charge in [-0.2, -0.15) is 5.26 Å². The van der Waals surface area contributed by atoms with Crippen LogP contribution in [0.4, 0.5) is 4.79 Å². The van der Waals surface area contributed by atoms with Crippen LogP contribution in [0, 0.1) is 11.3 Å². The molecule has 1 amide bonds. The van der Waals surface area contributed by atoms with Crippen LogP contribution in [0.1, 0.15) is 19.3 Å². The van der Waals surface area contributed by atoms with E-state index in [1.54, 1.807) is 0 Å². The van der Waals surface area contributed by atoms with Gasteiger partial charge >= 0.3 is 6.09 Å². The maximum Gasteiger partial charge on any atom is 0.404 e. The lowest BCUT2D eigenvalue weighted by Gasteiger charge is -2.31. The molecule has 0 saturated carbocycles. The second-order valence-corrected chi connectivity index (χ2v) is 3.47. The smallest absolute Gasteiger partial charge is 0.404 e. The number of amides is 1. The molecule has 0 aromatic heterocycles. The summed E-state index contributed by atoms with van der Waals surface area (Å²) >= 11 is 0. The summed E-state index contributed by atoms with van der Waals surface area (Å²) in [6, 6.07) is 2.20. The van der Waals surface area contributed by atoms with Crippen molar-refractivity contribution in [3.8, 4) is 6.07 Å². The van der Waals surface area contributed by atoms with E-state index in [1.165, 1.54) is 0 Å². The fourth-order valence-electron chi connectivity index (χ4n) is 1.68. The zero-order valence-electron chi connectivity index (χ0n) is 8.07. The summed E-state index contributed by atoms with van der Waals surface area (Å²) < 4.78 is 0. The number of nitrogens with zero attached hydrogens (tertiary/aromatic N) is 2. The highest BCUT2D eigenvalue weighted by atomic mass is 16.4. The van der Waals surface area contributed by atoms with Crippen LogP contribution in [0.3, 0.4) is 0 Å². The first-order chi connectivity index (χ1) is 6.72. The number of carboxylic acid groups (broad SMARTS) is 1. The van der Waals surface area contributed by atoms with Gasteiger partial charge in [0.25, 0.3) is 0 Å². The molecule has 0 bridgehead atoms. The minimum absolute atomic E-state index is 0.0887. The molecule has 0 atom stereocenters. The monoisotopic (exact) mass is 197 g/mol. The molecule has 0 radical (unpaired) electrons. The van der Waals surface area contributed by atoms with Crippen molar-refractivity contribution >= 4 is 6.09 Å². The molecule has 0 aromatic carbocycles. The Kier molecular flexibility index (Phi) is 4.20. The van der Waals surface area contributed by atoms with Crippen LogP contribution in [0.5, 0.6) is 0 Å². The van der Waals surface area contributed by atoms with Gasteiger partial charge in [-0.3, -0.25) is 0 Å². The lowest BCUT2D eigenvalue weighted by molar-refractivity contribution is 0.169. The van der Waals surface area contributed by atoms with Gasteiger partial charge in [-0.05, 0) is 12.8 Å². The molecule has 0 unspecified atom stereocenters. The minimum Gasteiger partial charge on any atom is -0.465 e. The second-order valence-electron chi connectivity index (χ2n) is 3.47. The van der Waals surface area contributed by atoms with Crippen molar-refractivity contribution in [1.29, 1.82) is 5.26 Å². The molecular formula is C9H15N3O2. The summed E-state index contributed by atoms with van der Waals surface area (Å²) in [6.45, 7) is 2.57. The third-order valence-electron chi connectivity index (χ3n) is 2.46. The molecule has 78 valence electrons. The number of hydrogen-bond acceptors (Lipinski definition) is 3. The molecule has 0 aliphatic carbocycles. The zero-order valence-corrected chi connectivity index (χ0v) is 8.07. The maximum absolute atomic E-state index is 10.4. The van der Waals surface area contributed by atoms with Gasteiger partial charge in [0.1, 0.15) is 0 Å². The van der Waals surface area contributed by atoms with Crippen molar-refractivity contribution < 1.29 is 9.90 Å². The Morgan fingerprint density at radius 2 is 2.21 bits per heavy atom. The summed E-state index contributed by atoms with van der Waals surface area (Å²) in [7, 11) is 0. The number of piperidine rings is 1. The largest absolute Gasteiger partial charge is 0.465 e. The molecule has 1 aliphatic rings. The van der Waals surface area contributed by atoms with Gasteiger partial charge in [0.15, 0.2) is 0 Å². The molecule has 0 spiro atoms. The zero-order chi connectivity index (χ0) is 10.4. The Morgan fingerprint density at radius 1 is 1.57 bits per heavy atom. The highest BCUT2D eigenvalue weighted by molar-refractivity contribution is 5.64. The van der Waals surface area contributed by atoms with E-state index in [-0.39, 0.29) is 6.04 Å². The van der Waals surface area contributed by atoms with E-state index in [2.05, 4.69) is 16.3 Å². The Morgan fingerprint density at radius 3 is 2.71 bits per heavy atom. The molecule has 1 rings (SSSR count). The summed E-state index contributed by atoms with van der Waals surface area (Å²) in [5.41, 5.74) is 0. The quantitative estimate of drug-likeness (QED) is 0.695. The van der Waals surface area contributed by atoms with E-state index in [0.717, 1.165) is 32.5 Å². The van der Waals surface area contributed by atoms with Crippen LogP contribution in [0.25, 0.3) is 0 Å². The Bertz CT molecular complexity index is 229. The predicted molar refractivity (Wildman–Crippen MR) is 50.9 cm³/mol. The molecule has 1 saturated heterocycles. The van der Waals surface area contributed by atoms with Gasteiger partial charge in [-0.1, -0.05) is 0 Å². The number of nitrogens with one attached hydrogen (secondary N) is 1. The van der Waals surface area contributed by atoms with Crippen LogP contribution in [0.2, 0.25) is 0 Å². The number of hydrogen-bond donors (Lipinski definition) is 2. The highest BCUT2D eigenvalue weighted by Crippen LogP contribution is 2.10. The van der Waals surface area contributed by atoms with Gasteiger partial charge in [0, 0.05) is 32.1 Å². The molecule has 2 N–H and O–H groups in total. The molecule has 1 fully saturated rings. The molecule has 0 aromatic rings. The van der Waals surface area contributed by atoms with Crippen LogP contribution in [0.15, 0.2) is 0 Å². The lowest BCUT2D eigenvalue weighted by atomic mass is 10.1. The molecular weight excluding hydrogens is 182 g/mol. The number of likely N-dealkylation sites (tertiary alicyclic amines) is 1. The van der Waals surface area contributed by atoms with Gasteiger partial charge in [-0.25, -0.2) is 4.79 Å². The van der Waals surface area contributed by atoms with Crippen LogP contribution in [-0.2, 0) is 0 Å². The minimum atomic E-state index is -0.944. The maximum atomic E-state index is 10.4. The standard InChI is InChI=1S/C9H15N3O2/c10-4-1-5-12-6-2-8(3-7-12)11-9(13)14/h8,11H,1-3,5-7H2,(H,13,14). The number of nitriles is 1. The Balaban J connectivity index is 2.18. The van der Waals surface area contributed by atoms with Crippen molar-refractivity contribution in [2.45, 2.75) is 25.3 Å². The Labute approximate surface area is 83.3 Å². The second kappa shape index (κ2) is 5.45. The van der Waals surface area contributed by atoms with Gasteiger partial charge in [-0.15, -0.1) is 0 Å². The normalized spacial score (nSPS) is 18.8. The third-order valence-corrected chi connectivity index (χ3v) is 2.46. The molecule has 1 heterocycles. The Hall–Kier alpha value is -1.28. The average molecular weight is 197 g/mol. The SMILES string of the molecule is N#CCCN1CCC(NC(=O)O)CC1. The highest BCUT2D eigenvalue weighted by Gasteiger charge is 2.19. The van der Waals surface area contributed by atoms with Crippen molar-refractivity contribution in [2.24, 2.45) is 0 Å².